The number of nitrogens with zero attached hydrogens (tertiary/aromatic N) is 5. The molecule has 4 heterocycles. The molecule has 3 aromatic rings. The van der Waals surface area contributed by atoms with Gasteiger partial charge in [0.1, 0.15) is 5.69 Å². The maximum atomic E-state index is 13.4. The Morgan fingerprint density at radius 3 is 2.74 bits per heavy atom. The number of rotatable bonds is 7. The molecule has 1 saturated heterocycles. The third-order valence-corrected chi connectivity index (χ3v) is 6.17. The Morgan fingerprint density at radius 1 is 1.29 bits per heavy atom. The van der Waals surface area contributed by atoms with E-state index in [1.807, 2.05) is 20.2 Å². The van der Waals surface area contributed by atoms with Crippen molar-refractivity contribution in [3.8, 4) is 11.3 Å². The number of fused-ring (bicyclic) bond motifs is 1. The number of hydrogen-bond donors (Lipinski definition) is 0. The number of aromatic nitrogens is 3. The average Bonchev–Trinajstić information content (AvgIpc) is 3.47. The lowest BCUT2D eigenvalue weighted by Gasteiger charge is -2.36. The zero-order valence-electron chi connectivity index (χ0n) is 20.7. The maximum absolute atomic E-state index is 13.4. The van der Waals surface area contributed by atoms with Crippen LogP contribution in [0.4, 0.5) is 10.5 Å². The number of ether oxygens (including phenoxy) is 2. The smallest absolute Gasteiger partial charge is 0.414 e. The summed E-state index contributed by atoms with van der Waals surface area (Å²) >= 11 is 0. The van der Waals surface area contributed by atoms with Crippen LogP contribution in [-0.4, -0.2) is 71.3 Å². The van der Waals surface area contributed by atoms with E-state index in [2.05, 4.69) is 10.1 Å². The van der Waals surface area contributed by atoms with E-state index in [0.717, 1.165) is 17.0 Å². The van der Waals surface area contributed by atoms with E-state index in [4.69, 9.17) is 18.7 Å². The monoisotopic (exact) mass is 485 g/mol. The highest BCUT2D eigenvalue weighted by molar-refractivity contribution is 6.11. The van der Waals surface area contributed by atoms with Crippen molar-refractivity contribution in [2.75, 3.05) is 32.3 Å². The van der Waals surface area contributed by atoms with Crippen molar-refractivity contribution in [2.45, 2.75) is 45.3 Å². The molecule has 0 spiro atoms. The third-order valence-electron chi connectivity index (χ3n) is 6.17. The lowest BCUT2D eigenvalue weighted by Crippen LogP contribution is -2.46. The van der Waals surface area contributed by atoms with Crippen molar-refractivity contribution in [3.63, 3.8) is 0 Å². The fourth-order valence-corrected chi connectivity index (χ4v) is 4.31. The molecular formula is C24H31N5O6. The summed E-state index contributed by atoms with van der Waals surface area (Å²) in [7, 11) is 4.69. The van der Waals surface area contributed by atoms with Crippen molar-refractivity contribution in [1.82, 2.24) is 19.8 Å². The Morgan fingerprint density at radius 2 is 2.09 bits per heavy atom. The maximum Gasteiger partial charge on any atom is 0.414 e. The fourth-order valence-electron chi connectivity index (χ4n) is 4.31. The number of aryl methyl sites for hydroxylation is 1. The van der Waals surface area contributed by atoms with Crippen molar-refractivity contribution in [3.05, 3.63) is 30.4 Å². The molecule has 11 nitrogen and oxygen atoms in total. The summed E-state index contributed by atoms with van der Waals surface area (Å²) in [4.78, 5) is 37.8. The molecule has 35 heavy (non-hydrogen) atoms. The molecule has 1 fully saturated rings. The quantitative estimate of drug-likeness (QED) is 0.465. The van der Waals surface area contributed by atoms with Crippen molar-refractivity contribution >= 4 is 28.7 Å². The highest BCUT2D eigenvalue weighted by Crippen LogP contribution is 2.39. The third kappa shape index (κ3) is 4.87. The minimum atomic E-state index is -0.550. The second-order valence-electron chi connectivity index (χ2n) is 8.38. The molecule has 0 radical (unpaired) electrons. The Hall–Kier alpha value is -3.44. The number of carbonyl (C=O) groups excluding carboxylic acids is 2. The molecule has 0 aliphatic carbocycles. The molecule has 2 unspecified atom stereocenters. The molecule has 3 aromatic heterocycles. The van der Waals surface area contributed by atoms with Gasteiger partial charge in [-0.05, 0) is 32.3 Å². The van der Waals surface area contributed by atoms with Gasteiger partial charge in [0.25, 0.3) is 0 Å². The first-order valence-corrected chi connectivity index (χ1v) is 11.7. The summed E-state index contributed by atoms with van der Waals surface area (Å²) in [5, 5.41) is 5.84. The molecule has 4 rings (SSSR count). The number of carbonyl (C=O) groups is 2. The van der Waals surface area contributed by atoms with E-state index in [-0.39, 0.29) is 24.5 Å². The minimum Gasteiger partial charge on any atom is -0.449 e. The molecule has 0 saturated carbocycles. The van der Waals surface area contributed by atoms with Gasteiger partial charge in [0, 0.05) is 43.9 Å². The Kier molecular flexibility index (Phi) is 7.37. The first-order valence-electron chi connectivity index (χ1n) is 11.7. The van der Waals surface area contributed by atoms with Crippen LogP contribution < -0.4 is 4.90 Å². The van der Waals surface area contributed by atoms with Crippen LogP contribution >= 0.6 is 0 Å². The number of anilines is 1. The van der Waals surface area contributed by atoms with Gasteiger partial charge in [-0.15, -0.1) is 0 Å². The molecule has 0 aromatic carbocycles. The van der Waals surface area contributed by atoms with E-state index in [0.29, 0.717) is 41.8 Å². The van der Waals surface area contributed by atoms with Crippen LogP contribution in [0.2, 0.25) is 0 Å². The van der Waals surface area contributed by atoms with Crippen molar-refractivity contribution in [2.24, 2.45) is 7.05 Å². The average molecular weight is 486 g/mol. The highest BCUT2D eigenvalue weighted by atomic mass is 16.7. The molecule has 1 aliphatic rings. The van der Waals surface area contributed by atoms with Gasteiger partial charge < -0.3 is 13.9 Å². The minimum absolute atomic E-state index is 0.00253. The van der Waals surface area contributed by atoms with Crippen LogP contribution in [0, 0.1) is 0 Å². The van der Waals surface area contributed by atoms with Crippen LogP contribution in [0.5, 0.6) is 0 Å². The fraction of sp³-hybridized carbons (Fsp3) is 0.500. The number of hydroxylamine groups is 2. The summed E-state index contributed by atoms with van der Waals surface area (Å²) < 4.78 is 19.0. The van der Waals surface area contributed by atoms with Gasteiger partial charge in [0.15, 0.2) is 5.58 Å². The molecule has 1 aliphatic heterocycles. The number of furan rings is 1. The van der Waals surface area contributed by atoms with Crippen LogP contribution in [0.25, 0.3) is 22.2 Å². The number of amides is 2. The zero-order chi connectivity index (χ0) is 25.1. The first kappa shape index (κ1) is 24.7. The SMILES string of the molecule is CCOC(=O)N(c1c(C(=O)N(C)OC)oc2cnc(-c3cnn(C)c3)cc12)C1CCOC(CC)C1. The van der Waals surface area contributed by atoms with E-state index < -0.39 is 12.0 Å². The molecule has 2 atom stereocenters. The van der Waals surface area contributed by atoms with Crippen molar-refractivity contribution < 1.29 is 28.3 Å². The lowest BCUT2D eigenvalue weighted by molar-refractivity contribution is -0.0772. The normalized spacial score (nSPS) is 18.0. The van der Waals surface area contributed by atoms with Crippen LogP contribution in [-0.2, 0) is 21.4 Å². The van der Waals surface area contributed by atoms with Crippen LogP contribution in [0.3, 0.4) is 0 Å². The second kappa shape index (κ2) is 10.4. The topological polar surface area (TPSA) is 112 Å². The summed E-state index contributed by atoms with van der Waals surface area (Å²) in [5.74, 6) is -0.558. The highest BCUT2D eigenvalue weighted by Gasteiger charge is 2.38. The molecule has 0 bridgehead atoms. The Balaban J connectivity index is 1.93. The largest absolute Gasteiger partial charge is 0.449 e. The van der Waals surface area contributed by atoms with Gasteiger partial charge in [-0.1, -0.05) is 6.92 Å². The van der Waals surface area contributed by atoms with E-state index in [9.17, 15) is 9.59 Å². The van der Waals surface area contributed by atoms with Gasteiger partial charge in [0.05, 0.1) is 37.9 Å². The first-order chi connectivity index (χ1) is 16.9. The number of hydrogen-bond acceptors (Lipinski definition) is 8. The summed E-state index contributed by atoms with van der Waals surface area (Å²) in [5.41, 5.74) is 2.13. The summed E-state index contributed by atoms with van der Waals surface area (Å²) in [6, 6.07) is 1.56. The zero-order valence-corrected chi connectivity index (χ0v) is 20.7. The predicted octanol–water partition coefficient (Wildman–Crippen LogP) is 3.78. The summed E-state index contributed by atoms with van der Waals surface area (Å²) in [6.07, 6.45) is 6.55. The molecular weight excluding hydrogens is 454 g/mol. The van der Waals surface area contributed by atoms with Gasteiger partial charge in [0.2, 0.25) is 5.76 Å². The van der Waals surface area contributed by atoms with Crippen LogP contribution in [0.1, 0.15) is 43.7 Å². The summed E-state index contributed by atoms with van der Waals surface area (Å²) in [6.45, 7) is 4.48. The van der Waals surface area contributed by atoms with Gasteiger partial charge in [-0.3, -0.25) is 24.2 Å². The molecule has 11 heteroatoms. The predicted molar refractivity (Wildman–Crippen MR) is 128 cm³/mol. The Bertz CT molecular complexity index is 1200. The molecule has 0 N–H and O–H groups in total. The lowest BCUT2D eigenvalue weighted by atomic mass is 9.99. The number of pyridine rings is 1. The Labute approximate surface area is 203 Å². The second-order valence-corrected chi connectivity index (χ2v) is 8.38. The standard InChI is InChI=1S/C24H31N5O6/c1-6-17-10-16(8-9-34-17)29(24(31)33-7-2)21-18-11-19(15-12-26-27(3)14-15)25-13-20(18)35-22(21)23(30)28(4)32-5/h11-14,16-17H,6-10H2,1-5H3. The van der Waals surface area contributed by atoms with Gasteiger partial charge >= 0.3 is 12.0 Å². The van der Waals surface area contributed by atoms with Gasteiger partial charge in [-0.2, -0.15) is 5.10 Å². The van der Waals surface area contributed by atoms with E-state index in [1.54, 1.807) is 35.0 Å². The molecule has 2 amide bonds. The van der Waals surface area contributed by atoms with E-state index >= 15 is 0 Å². The van der Waals surface area contributed by atoms with Crippen LogP contribution in [0.15, 0.2) is 29.1 Å². The molecule has 188 valence electrons. The van der Waals surface area contributed by atoms with E-state index in [1.165, 1.54) is 14.2 Å². The van der Waals surface area contributed by atoms with Crippen molar-refractivity contribution in [1.29, 1.82) is 0 Å². The van der Waals surface area contributed by atoms with Gasteiger partial charge in [-0.25, -0.2) is 9.86 Å².